The van der Waals surface area contributed by atoms with Gasteiger partial charge in [-0.05, 0) is 55.3 Å². The number of amides is 1. The first-order chi connectivity index (χ1) is 14.5. The second-order valence-electron chi connectivity index (χ2n) is 8.10. The highest BCUT2D eigenvalue weighted by Crippen LogP contribution is 2.29. The van der Waals surface area contributed by atoms with E-state index in [1.54, 1.807) is 6.07 Å². The lowest BCUT2D eigenvalue weighted by Gasteiger charge is -2.35. The van der Waals surface area contributed by atoms with E-state index in [4.69, 9.17) is 23.2 Å². The second kappa shape index (κ2) is 9.42. The summed E-state index contributed by atoms with van der Waals surface area (Å²) in [5, 5.41) is 1.06. The largest absolute Gasteiger partial charge is 0.368 e. The number of halogens is 2. The van der Waals surface area contributed by atoms with Gasteiger partial charge >= 0.3 is 0 Å². The molecule has 2 aromatic rings. The lowest BCUT2D eigenvalue weighted by molar-refractivity contribution is -0.129. The van der Waals surface area contributed by atoms with Gasteiger partial charge in [0.05, 0.1) is 10.0 Å². The van der Waals surface area contributed by atoms with Crippen molar-refractivity contribution >= 4 is 40.9 Å². The van der Waals surface area contributed by atoms with Crippen molar-refractivity contribution in [3.63, 3.8) is 0 Å². The molecule has 0 unspecified atom stereocenters. The summed E-state index contributed by atoms with van der Waals surface area (Å²) in [6, 6.07) is 14.0. The third-order valence-corrected chi connectivity index (χ3v) is 6.64. The average molecular weight is 444 g/mol. The molecule has 2 heterocycles. The molecule has 2 fully saturated rings. The van der Waals surface area contributed by atoms with E-state index in [1.807, 2.05) is 23.1 Å². The average Bonchev–Trinajstić information content (AvgIpc) is 2.75. The van der Waals surface area contributed by atoms with Gasteiger partial charge in [-0.25, -0.2) is 0 Å². The summed E-state index contributed by atoms with van der Waals surface area (Å²) in [4.78, 5) is 19.9. The highest BCUT2D eigenvalue weighted by atomic mass is 35.5. The molecule has 0 radical (unpaired) electrons. The number of piperazine rings is 1. The van der Waals surface area contributed by atoms with E-state index in [-0.39, 0.29) is 5.91 Å². The molecule has 6 heteroatoms. The molecule has 0 N–H and O–H groups in total. The first-order valence-electron chi connectivity index (χ1n) is 10.5. The minimum atomic E-state index is 0.112. The molecule has 0 aliphatic carbocycles. The molecular formula is C24H27Cl2N3O. The number of benzene rings is 2. The Labute approximate surface area is 188 Å². The highest BCUT2D eigenvalue weighted by Gasteiger charge is 2.24. The van der Waals surface area contributed by atoms with Crippen LogP contribution in [-0.2, 0) is 11.3 Å². The number of nitrogens with zero attached hydrogens (tertiary/aromatic N) is 3. The van der Waals surface area contributed by atoms with Crippen LogP contribution in [0.5, 0.6) is 0 Å². The first kappa shape index (κ1) is 21.2. The molecule has 158 valence electrons. The molecule has 30 heavy (non-hydrogen) atoms. The molecule has 1 amide bonds. The molecule has 0 bridgehead atoms. The van der Waals surface area contributed by atoms with Gasteiger partial charge in [0, 0.05) is 50.5 Å². The van der Waals surface area contributed by atoms with Crippen molar-refractivity contribution in [3.8, 4) is 0 Å². The van der Waals surface area contributed by atoms with Crippen LogP contribution >= 0.6 is 23.2 Å². The molecule has 2 aliphatic rings. The van der Waals surface area contributed by atoms with Crippen molar-refractivity contribution in [2.24, 2.45) is 0 Å². The Morgan fingerprint density at radius 1 is 0.967 bits per heavy atom. The van der Waals surface area contributed by atoms with Crippen LogP contribution < -0.4 is 4.90 Å². The van der Waals surface area contributed by atoms with Crippen LogP contribution in [0.15, 0.2) is 48.0 Å². The third-order valence-electron chi connectivity index (χ3n) is 5.90. The van der Waals surface area contributed by atoms with Gasteiger partial charge in [0.1, 0.15) is 0 Å². The van der Waals surface area contributed by atoms with Crippen LogP contribution in [0.3, 0.4) is 0 Å². The van der Waals surface area contributed by atoms with Gasteiger partial charge in [-0.3, -0.25) is 4.79 Å². The van der Waals surface area contributed by atoms with Gasteiger partial charge in [0.15, 0.2) is 0 Å². The molecular weight excluding hydrogens is 417 g/mol. The molecule has 2 saturated heterocycles. The SMILES string of the molecule is CN1CCN(c2ccccc2/C=C2\CCCN(Cc3ccc(Cl)c(Cl)c3)C2=O)CC1. The van der Waals surface area contributed by atoms with Crippen LogP contribution in [0.4, 0.5) is 5.69 Å². The van der Waals surface area contributed by atoms with Crippen molar-refractivity contribution in [2.75, 3.05) is 44.7 Å². The molecule has 0 spiro atoms. The fraction of sp³-hybridized carbons (Fsp3) is 0.375. The number of para-hydroxylation sites is 1. The molecule has 4 nitrogen and oxygen atoms in total. The maximum absolute atomic E-state index is 13.2. The standard InChI is InChI=1S/C24H27Cl2N3O/c1-27-11-13-28(14-12-27)23-7-3-2-5-19(23)16-20-6-4-10-29(24(20)30)17-18-8-9-21(25)22(26)15-18/h2-3,5,7-9,15-16H,4,6,10-14,17H2,1H3/b20-16+. The zero-order valence-electron chi connectivity index (χ0n) is 17.3. The lowest BCUT2D eigenvalue weighted by Crippen LogP contribution is -2.44. The number of carbonyl (C=O) groups excluding carboxylic acids is 1. The number of carbonyl (C=O) groups is 1. The van der Waals surface area contributed by atoms with Gasteiger partial charge in [-0.1, -0.05) is 47.5 Å². The van der Waals surface area contributed by atoms with E-state index < -0.39 is 0 Å². The van der Waals surface area contributed by atoms with Crippen LogP contribution in [-0.4, -0.2) is 55.5 Å². The highest BCUT2D eigenvalue weighted by molar-refractivity contribution is 6.42. The van der Waals surface area contributed by atoms with Crippen molar-refractivity contribution in [3.05, 3.63) is 69.2 Å². The Hall–Kier alpha value is -2.01. The summed E-state index contributed by atoms with van der Waals surface area (Å²) in [5.41, 5.74) is 4.22. The lowest BCUT2D eigenvalue weighted by atomic mass is 9.99. The Morgan fingerprint density at radius 2 is 1.73 bits per heavy atom. The number of hydrogen-bond donors (Lipinski definition) is 0. The Balaban J connectivity index is 1.54. The predicted octanol–water partition coefficient (Wildman–Crippen LogP) is 4.95. The number of likely N-dealkylation sites (N-methyl/N-ethyl adjacent to an activating group) is 1. The second-order valence-corrected chi connectivity index (χ2v) is 8.91. The third kappa shape index (κ3) is 4.83. The Morgan fingerprint density at radius 3 is 2.50 bits per heavy atom. The van der Waals surface area contributed by atoms with Crippen molar-refractivity contribution < 1.29 is 4.79 Å². The number of hydrogen-bond acceptors (Lipinski definition) is 3. The summed E-state index contributed by atoms with van der Waals surface area (Å²) in [7, 11) is 2.16. The molecule has 4 rings (SSSR count). The summed E-state index contributed by atoms with van der Waals surface area (Å²) < 4.78 is 0. The smallest absolute Gasteiger partial charge is 0.250 e. The summed E-state index contributed by atoms with van der Waals surface area (Å²) in [5.74, 6) is 0.112. The van der Waals surface area contributed by atoms with Crippen LogP contribution in [0.25, 0.3) is 6.08 Å². The van der Waals surface area contributed by atoms with Crippen LogP contribution in [0.1, 0.15) is 24.0 Å². The fourth-order valence-electron chi connectivity index (χ4n) is 4.15. The Kier molecular flexibility index (Phi) is 6.67. The molecule has 0 aromatic heterocycles. The van der Waals surface area contributed by atoms with Gasteiger partial charge in [-0.2, -0.15) is 0 Å². The summed E-state index contributed by atoms with van der Waals surface area (Å²) in [6.07, 6.45) is 3.88. The van der Waals surface area contributed by atoms with Crippen molar-refractivity contribution in [2.45, 2.75) is 19.4 Å². The topological polar surface area (TPSA) is 26.8 Å². The number of piperidine rings is 1. The minimum absolute atomic E-state index is 0.112. The van der Waals surface area contributed by atoms with Gasteiger partial charge in [-0.15, -0.1) is 0 Å². The van der Waals surface area contributed by atoms with E-state index in [0.29, 0.717) is 16.6 Å². The Bertz CT molecular complexity index is 951. The monoisotopic (exact) mass is 443 g/mol. The summed E-state index contributed by atoms with van der Waals surface area (Å²) in [6.45, 7) is 5.44. The maximum atomic E-state index is 13.2. The van der Waals surface area contributed by atoms with Crippen LogP contribution in [0.2, 0.25) is 10.0 Å². The number of rotatable bonds is 4. The van der Waals surface area contributed by atoms with Crippen molar-refractivity contribution in [1.82, 2.24) is 9.80 Å². The first-order valence-corrected chi connectivity index (χ1v) is 11.2. The van der Waals surface area contributed by atoms with Gasteiger partial charge < -0.3 is 14.7 Å². The quantitative estimate of drug-likeness (QED) is 0.625. The normalized spacial score (nSPS) is 19.6. The van der Waals surface area contributed by atoms with Gasteiger partial charge in [0.25, 0.3) is 0 Å². The number of anilines is 1. The maximum Gasteiger partial charge on any atom is 0.250 e. The summed E-state index contributed by atoms with van der Waals surface area (Å²) >= 11 is 12.2. The zero-order valence-corrected chi connectivity index (χ0v) is 18.8. The van der Waals surface area contributed by atoms with Crippen LogP contribution in [0, 0.1) is 0 Å². The molecule has 0 atom stereocenters. The van der Waals surface area contributed by atoms with E-state index in [0.717, 1.165) is 62.3 Å². The van der Waals surface area contributed by atoms with E-state index in [9.17, 15) is 4.79 Å². The van der Waals surface area contributed by atoms with E-state index in [2.05, 4.69) is 41.1 Å². The number of likely N-dealkylation sites (tertiary alicyclic amines) is 1. The molecule has 2 aliphatic heterocycles. The predicted molar refractivity (Wildman–Crippen MR) is 125 cm³/mol. The van der Waals surface area contributed by atoms with Crippen molar-refractivity contribution in [1.29, 1.82) is 0 Å². The van der Waals surface area contributed by atoms with Gasteiger partial charge in [0.2, 0.25) is 5.91 Å². The molecule has 2 aromatic carbocycles. The fourth-order valence-corrected chi connectivity index (χ4v) is 4.47. The van der Waals surface area contributed by atoms with E-state index >= 15 is 0 Å². The minimum Gasteiger partial charge on any atom is -0.368 e. The van der Waals surface area contributed by atoms with E-state index in [1.165, 1.54) is 5.69 Å². The molecule has 0 saturated carbocycles. The zero-order chi connectivity index (χ0) is 21.1.